The van der Waals surface area contributed by atoms with Gasteiger partial charge in [-0.25, -0.2) is 9.38 Å². The molecule has 2 amide bonds. The second-order valence-corrected chi connectivity index (χ2v) is 5.40. The molecule has 0 radical (unpaired) electrons. The Hall–Kier alpha value is -3.28. The van der Waals surface area contributed by atoms with Crippen LogP contribution in [0.15, 0.2) is 65.7 Å². The third-order valence-corrected chi connectivity index (χ3v) is 3.55. The number of halogens is 1. The lowest BCUT2D eigenvalue weighted by atomic mass is 10.1. The van der Waals surface area contributed by atoms with Gasteiger partial charge in [0.1, 0.15) is 23.2 Å². The first-order chi connectivity index (χ1) is 12.1. The Bertz CT molecular complexity index is 844. The fourth-order valence-corrected chi connectivity index (χ4v) is 2.30. The van der Waals surface area contributed by atoms with Crippen LogP contribution in [0.3, 0.4) is 0 Å². The smallest absolute Gasteiger partial charge is 0.262 e. The largest absolute Gasteiger partial charge is 0.457 e. The molecular formula is C19H15FN2O3. The van der Waals surface area contributed by atoms with E-state index in [1.807, 2.05) is 6.07 Å². The second kappa shape index (κ2) is 7.53. The first kappa shape index (κ1) is 16.6. The van der Waals surface area contributed by atoms with Gasteiger partial charge in [-0.1, -0.05) is 18.2 Å². The van der Waals surface area contributed by atoms with Crippen LogP contribution in [0.4, 0.5) is 4.39 Å². The Balaban J connectivity index is 1.61. The fourth-order valence-electron chi connectivity index (χ4n) is 2.30. The quantitative estimate of drug-likeness (QED) is 0.852. The van der Waals surface area contributed by atoms with Crippen molar-refractivity contribution in [3.63, 3.8) is 0 Å². The predicted octanol–water partition coefficient (Wildman–Crippen LogP) is 3.02. The highest BCUT2D eigenvalue weighted by atomic mass is 19.1. The van der Waals surface area contributed by atoms with Gasteiger partial charge in [-0.3, -0.25) is 9.59 Å². The Labute approximate surface area is 143 Å². The number of hydrogen-bond acceptors (Lipinski definition) is 3. The number of hydrogen-bond donors (Lipinski definition) is 1. The van der Waals surface area contributed by atoms with Gasteiger partial charge in [-0.05, 0) is 48.0 Å². The number of nitrogens with one attached hydrogen (secondary N) is 1. The minimum Gasteiger partial charge on any atom is -0.457 e. The summed E-state index contributed by atoms with van der Waals surface area (Å²) in [5, 5.41) is 2.71. The van der Waals surface area contributed by atoms with E-state index in [2.05, 4.69) is 10.3 Å². The molecule has 0 spiro atoms. The highest BCUT2D eigenvalue weighted by Crippen LogP contribution is 2.22. The van der Waals surface area contributed by atoms with Gasteiger partial charge in [0.15, 0.2) is 0 Å². The predicted molar refractivity (Wildman–Crippen MR) is 90.9 cm³/mol. The van der Waals surface area contributed by atoms with E-state index in [-0.39, 0.29) is 12.4 Å². The molecule has 25 heavy (non-hydrogen) atoms. The molecule has 3 rings (SSSR count). The molecule has 0 bridgehead atoms. The van der Waals surface area contributed by atoms with Crippen molar-refractivity contribution >= 4 is 18.0 Å². The molecule has 1 unspecified atom stereocenters. The van der Waals surface area contributed by atoms with Gasteiger partial charge in [0.05, 0.1) is 0 Å². The number of amides is 2. The zero-order valence-corrected chi connectivity index (χ0v) is 13.2. The van der Waals surface area contributed by atoms with Crippen molar-refractivity contribution in [2.24, 2.45) is 10.9 Å². The topological polar surface area (TPSA) is 67.8 Å². The molecule has 1 aliphatic heterocycles. The Morgan fingerprint density at radius 1 is 1.16 bits per heavy atom. The lowest BCUT2D eigenvalue weighted by Gasteiger charge is -2.12. The normalized spacial score (nSPS) is 15.9. The molecule has 1 aliphatic rings. The summed E-state index contributed by atoms with van der Waals surface area (Å²) in [6, 6.07) is 12.8. The molecule has 0 saturated heterocycles. The molecule has 5 nitrogen and oxygen atoms in total. The van der Waals surface area contributed by atoms with Crippen molar-refractivity contribution < 1.29 is 18.7 Å². The molecular weight excluding hydrogens is 323 g/mol. The molecule has 0 fully saturated rings. The zero-order valence-electron chi connectivity index (χ0n) is 13.2. The summed E-state index contributed by atoms with van der Waals surface area (Å²) in [7, 11) is 0. The maximum Gasteiger partial charge on any atom is 0.262 e. The molecule has 1 heterocycles. The molecule has 1 atom stereocenters. The van der Waals surface area contributed by atoms with Crippen LogP contribution in [0.25, 0.3) is 0 Å². The third kappa shape index (κ3) is 4.38. The number of carbonyl (C=O) groups excluding carboxylic acids is 2. The standard InChI is InChI=1S/C19H15FN2O3/c20-14-6-8-15(9-7-14)25-16-4-1-3-13(11-16)12-22-19(24)17-5-2-10-21-18(17)23/h1-11,17H,12H2,(H,22,24). The summed E-state index contributed by atoms with van der Waals surface area (Å²) in [4.78, 5) is 27.2. The van der Waals surface area contributed by atoms with Crippen molar-refractivity contribution in [3.05, 3.63) is 72.1 Å². The second-order valence-electron chi connectivity index (χ2n) is 5.40. The molecule has 0 aromatic heterocycles. The lowest BCUT2D eigenvalue weighted by Crippen LogP contribution is -2.34. The average Bonchev–Trinajstić information content (AvgIpc) is 2.62. The summed E-state index contributed by atoms with van der Waals surface area (Å²) in [6.07, 6.45) is 4.45. The number of benzene rings is 2. The van der Waals surface area contributed by atoms with E-state index in [1.54, 1.807) is 24.3 Å². The van der Waals surface area contributed by atoms with E-state index in [0.717, 1.165) is 5.56 Å². The number of allylic oxidation sites excluding steroid dienone is 1. The van der Waals surface area contributed by atoms with Gasteiger partial charge < -0.3 is 10.1 Å². The third-order valence-electron chi connectivity index (χ3n) is 3.55. The molecule has 1 N–H and O–H groups in total. The molecule has 0 saturated carbocycles. The van der Waals surface area contributed by atoms with Crippen LogP contribution in [-0.4, -0.2) is 18.0 Å². The van der Waals surface area contributed by atoms with Crippen LogP contribution in [0, 0.1) is 11.7 Å². The van der Waals surface area contributed by atoms with Gasteiger partial charge in [0, 0.05) is 12.8 Å². The van der Waals surface area contributed by atoms with Crippen LogP contribution in [0.5, 0.6) is 11.5 Å². The van der Waals surface area contributed by atoms with Crippen molar-refractivity contribution in [1.29, 1.82) is 0 Å². The van der Waals surface area contributed by atoms with Gasteiger partial charge in [0.2, 0.25) is 5.91 Å². The highest BCUT2D eigenvalue weighted by molar-refractivity contribution is 6.07. The van der Waals surface area contributed by atoms with Gasteiger partial charge >= 0.3 is 0 Å². The van der Waals surface area contributed by atoms with E-state index in [4.69, 9.17) is 4.74 Å². The maximum atomic E-state index is 12.9. The summed E-state index contributed by atoms with van der Waals surface area (Å²) in [6.45, 7) is 0.251. The number of rotatable bonds is 5. The number of dihydropyridines is 1. The average molecular weight is 338 g/mol. The van der Waals surface area contributed by atoms with E-state index in [0.29, 0.717) is 11.5 Å². The highest BCUT2D eigenvalue weighted by Gasteiger charge is 2.24. The fraction of sp³-hybridized carbons (Fsp3) is 0.105. The van der Waals surface area contributed by atoms with E-state index in [9.17, 15) is 14.0 Å². The molecule has 2 aromatic carbocycles. The number of carbonyl (C=O) groups is 2. The lowest BCUT2D eigenvalue weighted by molar-refractivity contribution is -0.131. The van der Waals surface area contributed by atoms with Crippen LogP contribution < -0.4 is 10.1 Å². The van der Waals surface area contributed by atoms with Gasteiger partial charge in [-0.15, -0.1) is 0 Å². The summed E-state index contributed by atoms with van der Waals surface area (Å²) in [5.41, 5.74) is 0.809. The Kier molecular flexibility index (Phi) is 4.99. The Morgan fingerprint density at radius 3 is 2.72 bits per heavy atom. The number of aliphatic imine (C=N–C) groups is 1. The molecule has 6 heteroatoms. The summed E-state index contributed by atoms with van der Waals surface area (Å²) < 4.78 is 18.6. The van der Waals surface area contributed by atoms with E-state index >= 15 is 0 Å². The first-order valence-corrected chi connectivity index (χ1v) is 7.66. The van der Waals surface area contributed by atoms with Crippen LogP contribution in [0.2, 0.25) is 0 Å². The SMILES string of the molecule is O=C1N=CC=CC1C(=O)NCc1cccc(Oc2ccc(F)cc2)c1. The zero-order chi connectivity index (χ0) is 17.6. The van der Waals surface area contributed by atoms with E-state index < -0.39 is 17.7 Å². The maximum absolute atomic E-state index is 12.9. The van der Waals surface area contributed by atoms with Crippen LogP contribution >= 0.6 is 0 Å². The van der Waals surface area contributed by atoms with Gasteiger partial charge in [-0.2, -0.15) is 0 Å². The van der Waals surface area contributed by atoms with Crippen molar-refractivity contribution in [1.82, 2.24) is 5.32 Å². The monoisotopic (exact) mass is 338 g/mol. The molecule has 126 valence electrons. The molecule has 0 aliphatic carbocycles. The van der Waals surface area contributed by atoms with Crippen molar-refractivity contribution in [3.8, 4) is 11.5 Å². The molecule has 2 aromatic rings. The Morgan fingerprint density at radius 2 is 1.96 bits per heavy atom. The summed E-state index contributed by atoms with van der Waals surface area (Å²) in [5.74, 6) is -1.02. The minimum atomic E-state index is -0.886. The van der Waals surface area contributed by atoms with Crippen molar-refractivity contribution in [2.45, 2.75) is 6.54 Å². The van der Waals surface area contributed by atoms with Gasteiger partial charge in [0.25, 0.3) is 5.91 Å². The number of ether oxygens (including phenoxy) is 1. The van der Waals surface area contributed by atoms with Crippen LogP contribution in [0.1, 0.15) is 5.56 Å². The summed E-state index contributed by atoms with van der Waals surface area (Å²) >= 11 is 0. The van der Waals surface area contributed by atoms with Crippen molar-refractivity contribution in [2.75, 3.05) is 0 Å². The number of nitrogens with zero attached hydrogens (tertiary/aromatic N) is 1. The minimum absolute atomic E-state index is 0.251. The first-order valence-electron chi connectivity index (χ1n) is 7.66. The van der Waals surface area contributed by atoms with E-state index in [1.165, 1.54) is 36.6 Å². The van der Waals surface area contributed by atoms with Crippen LogP contribution in [-0.2, 0) is 16.1 Å².